The van der Waals surface area contributed by atoms with Crippen LogP contribution >= 0.6 is 0 Å². The maximum atomic E-state index is 13.1. The van der Waals surface area contributed by atoms with Crippen molar-refractivity contribution in [3.8, 4) is 0 Å². The number of carbonyl (C=O) groups excluding carboxylic acids is 1. The van der Waals surface area contributed by atoms with Gasteiger partial charge in [0.25, 0.3) is 0 Å². The summed E-state index contributed by atoms with van der Waals surface area (Å²) in [7, 11) is 0. The van der Waals surface area contributed by atoms with Crippen LogP contribution < -0.4 is 5.32 Å². The number of nitrogens with zero attached hydrogens (tertiary/aromatic N) is 1. The van der Waals surface area contributed by atoms with Crippen LogP contribution in [0.3, 0.4) is 0 Å². The van der Waals surface area contributed by atoms with Crippen molar-refractivity contribution >= 4 is 11.6 Å². The third-order valence-electron chi connectivity index (χ3n) is 1.64. The summed E-state index contributed by atoms with van der Waals surface area (Å²) in [5.41, 5.74) is -0.154. The summed E-state index contributed by atoms with van der Waals surface area (Å²) in [6.45, 7) is 1.15. The number of hydrogen-bond acceptors (Lipinski definition) is 3. The van der Waals surface area contributed by atoms with Gasteiger partial charge in [-0.1, -0.05) is 5.16 Å². The first-order valence-corrected chi connectivity index (χ1v) is 3.78. The van der Waals surface area contributed by atoms with Gasteiger partial charge in [-0.05, 0) is 12.2 Å². The molecular weight excluding hydrogens is 194 g/mol. The number of carbonyl (C=O) groups is 1. The lowest BCUT2D eigenvalue weighted by atomic mass is 10.0. The first kappa shape index (κ1) is 10.4. The van der Waals surface area contributed by atoms with Gasteiger partial charge in [0.1, 0.15) is 11.8 Å². The Morgan fingerprint density at radius 1 is 1.57 bits per heavy atom. The van der Waals surface area contributed by atoms with Gasteiger partial charge in [-0.2, -0.15) is 0 Å². The van der Waals surface area contributed by atoms with Crippen molar-refractivity contribution in [1.29, 1.82) is 0 Å². The average Bonchev–Trinajstić information content (AvgIpc) is 2.13. The predicted octanol–water partition coefficient (Wildman–Crippen LogP) is 1.04. The van der Waals surface area contributed by atoms with Crippen LogP contribution in [-0.4, -0.2) is 22.9 Å². The van der Waals surface area contributed by atoms with E-state index in [1.807, 2.05) is 0 Å². The molecule has 0 spiro atoms. The fourth-order valence-electron chi connectivity index (χ4n) is 1.03. The predicted molar refractivity (Wildman–Crippen MR) is 45.2 cm³/mol. The molecule has 1 unspecified atom stereocenters. The van der Waals surface area contributed by atoms with E-state index in [1.54, 1.807) is 0 Å². The lowest BCUT2D eigenvalue weighted by Crippen LogP contribution is -2.41. The van der Waals surface area contributed by atoms with Crippen LogP contribution in [0.1, 0.15) is 6.92 Å². The monoisotopic (exact) mass is 202 g/mol. The standard InChI is InChI=1S/C8H8F2N2O2/c1-4(13)11-8-6(12-14)3-2-5(9)7(8)10/h2-3,8,14H,1H3,(H,11,13)/b12-6+. The molecule has 1 aliphatic rings. The molecule has 0 aromatic carbocycles. The fraction of sp³-hybridized carbons (Fsp3) is 0.250. The maximum absolute atomic E-state index is 13.1. The summed E-state index contributed by atoms with van der Waals surface area (Å²) in [6, 6.07) is -1.34. The number of halogens is 2. The third kappa shape index (κ3) is 1.95. The number of nitrogens with one attached hydrogen (secondary N) is 1. The molecule has 1 aliphatic carbocycles. The van der Waals surface area contributed by atoms with E-state index >= 15 is 0 Å². The second-order valence-corrected chi connectivity index (χ2v) is 2.69. The van der Waals surface area contributed by atoms with Crippen LogP contribution in [0.15, 0.2) is 29.0 Å². The number of amides is 1. The highest BCUT2D eigenvalue weighted by Gasteiger charge is 2.27. The molecule has 0 aromatic rings. The van der Waals surface area contributed by atoms with Crippen molar-refractivity contribution in [2.24, 2.45) is 5.16 Å². The number of oxime groups is 1. The molecule has 0 saturated carbocycles. The topological polar surface area (TPSA) is 61.7 Å². The number of hydrogen-bond donors (Lipinski definition) is 2. The Bertz CT molecular complexity index is 347. The van der Waals surface area contributed by atoms with Gasteiger partial charge in [-0.25, -0.2) is 8.78 Å². The molecule has 0 bridgehead atoms. The van der Waals surface area contributed by atoms with E-state index in [0.717, 1.165) is 19.1 Å². The molecular formula is C8H8F2N2O2. The van der Waals surface area contributed by atoms with Crippen LogP contribution in [0.5, 0.6) is 0 Å². The summed E-state index contributed by atoms with van der Waals surface area (Å²) in [6.07, 6.45) is 1.90. The fourth-order valence-corrected chi connectivity index (χ4v) is 1.03. The molecule has 0 saturated heterocycles. The molecule has 1 rings (SSSR count). The van der Waals surface area contributed by atoms with Gasteiger partial charge in [-0.15, -0.1) is 0 Å². The molecule has 4 nitrogen and oxygen atoms in total. The molecule has 0 aliphatic heterocycles. The first-order valence-electron chi connectivity index (χ1n) is 3.78. The highest BCUT2D eigenvalue weighted by atomic mass is 19.2. The van der Waals surface area contributed by atoms with Gasteiger partial charge in [0.15, 0.2) is 11.7 Å². The van der Waals surface area contributed by atoms with E-state index in [4.69, 9.17) is 5.21 Å². The van der Waals surface area contributed by atoms with Crippen LogP contribution in [0.2, 0.25) is 0 Å². The van der Waals surface area contributed by atoms with Gasteiger partial charge in [0.2, 0.25) is 5.91 Å². The van der Waals surface area contributed by atoms with E-state index in [2.05, 4.69) is 10.5 Å². The van der Waals surface area contributed by atoms with E-state index in [1.165, 1.54) is 0 Å². The maximum Gasteiger partial charge on any atom is 0.217 e. The van der Waals surface area contributed by atoms with Crippen LogP contribution in [0.4, 0.5) is 8.78 Å². The van der Waals surface area contributed by atoms with Crippen LogP contribution in [0, 0.1) is 0 Å². The second kappa shape index (κ2) is 3.99. The summed E-state index contributed by atoms with van der Waals surface area (Å²) in [5, 5.41) is 13.3. The lowest BCUT2D eigenvalue weighted by Gasteiger charge is -2.17. The second-order valence-electron chi connectivity index (χ2n) is 2.69. The van der Waals surface area contributed by atoms with Gasteiger partial charge >= 0.3 is 0 Å². The Morgan fingerprint density at radius 2 is 2.21 bits per heavy atom. The van der Waals surface area contributed by atoms with E-state index in [0.29, 0.717) is 0 Å². The minimum Gasteiger partial charge on any atom is -0.411 e. The van der Waals surface area contributed by atoms with E-state index in [9.17, 15) is 13.6 Å². The summed E-state index contributed by atoms with van der Waals surface area (Å²) in [5.74, 6) is -2.80. The Kier molecular flexibility index (Phi) is 2.95. The molecule has 1 atom stereocenters. The zero-order valence-electron chi connectivity index (χ0n) is 7.29. The van der Waals surface area contributed by atoms with Gasteiger partial charge in [-0.3, -0.25) is 4.79 Å². The zero-order chi connectivity index (χ0) is 10.7. The first-order chi connectivity index (χ1) is 6.56. The Morgan fingerprint density at radius 3 is 2.71 bits per heavy atom. The molecule has 0 aromatic heterocycles. The van der Waals surface area contributed by atoms with Gasteiger partial charge in [0.05, 0.1) is 0 Å². The molecule has 0 fully saturated rings. The lowest BCUT2D eigenvalue weighted by molar-refractivity contribution is -0.119. The smallest absolute Gasteiger partial charge is 0.217 e. The van der Waals surface area contributed by atoms with Gasteiger partial charge < -0.3 is 10.5 Å². The highest BCUT2D eigenvalue weighted by Crippen LogP contribution is 2.20. The number of rotatable bonds is 1. The van der Waals surface area contributed by atoms with Crippen LogP contribution in [0.25, 0.3) is 0 Å². The molecule has 1 amide bonds. The Labute approximate surface area is 78.6 Å². The van der Waals surface area contributed by atoms with Crippen molar-refractivity contribution in [1.82, 2.24) is 5.32 Å². The molecule has 0 heterocycles. The van der Waals surface area contributed by atoms with Crippen molar-refractivity contribution in [2.45, 2.75) is 13.0 Å². The summed E-state index contributed by atoms with van der Waals surface area (Å²) < 4.78 is 25.8. The SMILES string of the molecule is CC(=O)NC1C(F)=C(F)C=C/C1=N\O. The number of allylic oxidation sites excluding steroid dienone is 2. The average molecular weight is 202 g/mol. The Hall–Kier alpha value is -1.72. The molecule has 0 radical (unpaired) electrons. The molecule has 76 valence electrons. The quantitative estimate of drug-likeness (QED) is 0.493. The van der Waals surface area contributed by atoms with Crippen molar-refractivity contribution in [2.75, 3.05) is 0 Å². The minimum absolute atomic E-state index is 0.154. The summed E-state index contributed by atoms with van der Waals surface area (Å²) in [4.78, 5) is 10.6. The summed E-state index contributed by atoms with van der Waals surface area (Å²) >= 11 is 0. The third-order valence-corrected chi connectivity index (χ3v) is 1.64. The molecule has 2 N–H and O–H groups in total. The van der Waals surface area contributed by atoms with Crippen molar-refractivity contribution in [3.05, 3.63) is 23.8 Å². The minimum atomic E-state index is -1.34. The highest BCUT2D eigenvalue weighted by molar-refractivity contribution is 6.04. The largest absolute Gasteiger partial charge is 0.411 e. The Balaban J connectivity index is 2.98. The van der Waals surface area contributed by atoms with E-state index < -0.39 is 23.6 Å². The van der Waals surface area contributed by atoms with Crippen molar-refractivity contribution < 1.29 is 18.8 Å². The normalized spacial score (nSPS) is 24.2. The molecule has 6 heteroatoms. The molecule has 14 heavy (non-hydrogen) atoms. The zero-order valence-corrected chi connectivity index (χ0v) is 7.29. The van der Waals surface area contributed by atoms with E-state index in [-0.39, 0.29) is 5.71 Å². The van der Waals surface area contributed by atoms with Crippen LogP contribution in [-0.2, 0) is 4.79 Å². The van der Waals surface area contributed by atoms with Crippen molar-refractivity contribution in [3.63, 3.8) is 0 Å². The van der Waals surface area contributed by atoms with Gasteiger partial charge in [0, 0.05) is 6.92 Å².